The number of hydrogen-bond acceptors (Lipinski definition) is 3. The Morgan fingerprint density at radius 1 is 0.963 bits per heavy atom. The summed E-state index contributed by atoms with van der Waals surface area (Å²) in [6.45, 7) is 7.75. The molecule has 2 aromatic rings. The average molecular weight is 361 g/mol. The standard InChI is InChI=1S/C24H27NO2/c1-17(2)25-15-21(12-19-8-5-7-18(3)11-19)24(26)22(16-25)13-20-9-6-10-23(14-20)27-4/h5-14,17H,15-16H2,1-4H3/b21-12+,22-13+. The molecule has 0 radical (unpaired) electrons. The van der Waals surface area contributed by atoms with Crippen LogP contribution in [0.3, 0.4) is 0 Å². The summed E-state index contributed by atoms with van der Waals surface area (Å²) in [4.78, 5) is 15.5. The highest BCUT2D eigenvalue weighted by molar-refractivity contribution is 6.14. The minimum absolute atomic E-state index is 0.135. The summed E-state index contributed by atoms with van der Waals surface area (Å²) < 4.78 is 5.31. The fourth-order valence-electron chi connectivity index (χ4n) is 3.32. The predicted molar refractivity (Wildman–Crippen MR) is 112 cm³/mol. The van der Waals surface area contributed by atoms with Crippen molar-refractivity contribution in [1.82, 2.24) is 4.90 Å². The number of benzene rings is 2. The van der Waals surface area contributed by atoms with Crippen LogP contribution in [0, 0.1) is 6.92 Å². The number of ether oxygens (including phenoxy) is 1. The second kappa shape index (κ2) is 8.36. The molecular weight excluding hydrogens is 334 g/mol. The van der Waals surface area contributed by atoms with Gasteiger partial charge >= 0.3 is 0 Å². The first kappa shape index (κ1) is 19.1. The Morgan fingerprint density at radius 3 is 2.11 bits per heavy atom. The lowest BCUT2D eigenvalue weighted by Crippen LogP contribution is -2.41. The number of ketones is 1. The van der Waals surface area contributed by atoms with Gasteiger partial charge in [0.25, 0.3) is 0 Å². The third-order valence-electron chi connectivity index (χ3n) is 4.88. The van der Waals surface area contributed by atoms with E-state index in [0.717, 1.165) is 28.0 Å². The Morgan fingerprint density at radius 2 is 1.56 bits per heavy atom. The zero-order valence-corrected chi connectivity index (χ0v) is 16.5. The maximum Gasteiger partial charge on any atom is 0.187 e. The van der Waals surface area contributed by atoms with Crippen molar-refractivity contribution in [1.29, 1.82) is 0 Å². The first-order chi connectivity index (χ1) is 13.0. The van der Waals surface area contributed by atoms with E-state index in [4.69, 9.17) is 4.74 Å². The SMILES string of the molecule is COc1cccc(/C=C2\CN(C(C)C)C/C(=C\c3cccc(C)c3)C2=O)c1. The minimum atomic E-state index is 0.135. The average Bonchev–Trinajstić information content (AvgIpc) is 2.65. The molecule has 3 rings (SSSR count). The third kappa shape index (κ3) is 4.75. The van der Waals surface area contributed by atoms with Crippen LogP contribution in [0.1, 0.15) is 30.5 Å². The van der Waals surface area contributed by atoms with Crippen LogP contribution in [0.2, 0.25) is 0 Å². The van der Waals surface area contributed by atoms with E-state index >= 15 is 0 Å². The van der Waals surface area contributed by atoms with E-state index in [0.29, 0.717) is 19.1 Å². The summed E-state index contributed by atoms with van der Waals surface area (Å²) in [5.41, 5.74) is 4.92. The number of Topliss-reactive ketones (excluding diaryl/α,β-unsaturated/α-hetero) is 1. The highest BCUT2D eigenvalue weighted by Crippen LogP contribution is 2.24. The van der Waals surface area contributed by atoms with Gasteiger partial charge in [-0.15, -0.1) is 0 Å². The molecule has 0 unspecified atom stereocenters. The quantitative estimate of drug-likeness (QED) is 0.735. The van der Waals surface area contributed by atoms with Crippen molar-refractivity contribution in [2.24, 2.45) is 0 Å². The molecule has 0 bridgehead atoms. The number of carbonyl (C=O) groups is 1. The fourth-order valence-corrected chi connectivity index (χ4v) is 3.32. The van der Waals surface area contributed by atoms with Crippen LogP contribution in [0.5, 0.6) is 5.75 Å². The molecule has 0 aliphatic carbocycles. The molecule has 1 fully saturated rings. The van der Waals surface area contributed by atoms with Crippen molar-refractivity contribution in [3.05, 3.63) is 76.4 Å². The number of carbonyl (C=O) groups excluding carboxylic acids is 1. The smallest absolute Gasteiger partial charge is 0.187 e. The summed E-state index contributed by atoms with van der Waals surface area (Å²) in [6, 6.07) is 16.4. The van der Waals surface area contributed by atoms with Gasteiger partial charge in [-0.3, -0.25) is 9.69 Å². The molecule has 3 heteroatoms. The van der Waals surface area contributed by atoms with Gasteiger partial charge in [0.15, 0.2) is 5.78 Å². The Kier molecular flexibility index (Phi) is 5.92. The number of methoxy groups -OCH3 is 1. The van der Waals surface area contributed by atoms with Gasteiger partial charge in [-0.05, 0) is 56.2 Å². The molecule has 1 saturated heterocycles. The lowest BCUT2D eigenvalue weighted by molar-refractivity contribution is -0.113. The zero-order chi connectivity index (χ0) is 19.4. The van der Waals surface area contributed by atoms with Crippen LogP contribution in [-0.4, -0.2) is 36.9 Å². The van der Waals surface area contributed by atoms with Crippen LogP contribution < -0.4 is 4.74 Å². The Bertz CT molecular complexity index is 893. The van der Waals surface area contributed by atoms with Gasteiger partial charge in [0, 0.05) is 30.3 Å². The maximum atomic E-state index is 13.1. The van der Waals surface area contributed by atoms with Gasteiger partial charge in [-0.25, -0.2) is 0 Å². The molecule has 2 aromatic carbocycles. The van der Waals surface area contributed by atoms with Crippen molar-refractivity contribution < 1.29 is 9.53 Å². The van der Waals surface area contributed by atoms with E-state index in [2.05, 4.69) is 37.8 Å². The largest absolute Gasteiger partial charge is 0.497 e. The summed E-state index contributed by atoms with van der Waals surface area (Å²) in [7, 11) is 1.65. The predicted octanol–water partition coefficient (Wildman–Crippen LogP) is 4.76. The van der Waals surface area contributed by atoms with Crippen LogP contribution in [0.25, 0.3) is 12.2 Å². The topological polar surface area (TPSA) is 29.5 Å². The van der Waals surface area contributed by atoms with Crippen molar-refractivity contribution in [2.75, 3.05) is 20.2 Å². The number of likely N-dealkylation sites (tertiary alicyclic amines) is 1. The van der Waals surface area contributed by atoms with Crippen molar-refractivity contribution in [3.63, 3.8) is 0 Å². The van der Waals surface area contributed by atoms with Crippen molar-refractivity contribution in [3.8, 4) is 5.75 Å². The molecule has 0 spiro atoms. The van der Waals surface area contributed by atoms with E-state index in [-0.39, 0.29) is 5.78 Å². The van der Waals surface area contributed by atoms with Gasteiger partial charge in [0.2, 0.25) is 0 Å². The lowest BCUT2D eigenvalue weighted by Gasteiger charge is -2.32. The highest BCUT2D eigenvalue weighted by Gasteiger charge is 2.27. The molecule has 27 heavy (non-hydrogen) atoms. The molecular formula is C24H27NO2. The number of hydrogen-bond donors (Lipinski definition) is 0. The Hall–Kier alpha value is -2.65. The van der Waals surface area contributed by atoms with E-state index in [1.54, 1.807) is 7.11 Å². The molecule has 1 heterocycles. The first-order valence-corrected chi connectivity index (χ1v) is 9.37. The second-order valence-corrected chi connectivity index (χ2v) is 7.36. The molecule has 0 atom stereocenters. The fraction of sp³-hybridized carbons (Fsp3) is 0.292. The summed E-state index contributed by atoms with van der Waals surface area (Å²) in [5, 5.41) is 0. The van der Waals surface area contributed by atoms with Crippen LogP contribution >= 0.6 is 0 Å². The second-order valence-electron chi connectivity index (χ2n) is 7.36. The number of aryl methyl sites for hydroxylation is 1. The van der Waals surface area contributed by atoms with E-state index < -0.39 is 0 Å². The van der Waals surface area contributed by atoms with Gasteiger partial charge in [0.05, 0.1) is 7.11 Å². The molecule has 1 aliphatic heterocycles. The number of rotatable bonds is 4. The van der Waals surface area contributed by atoms with Crippen LogP contribution in [-0.2, 0) is 4.79 Å². The molecule has 0 aromatic heterocycles. The number of nitrogens with zero attached hydrogens (tertiary/aromatic N) is 1. The van der Waals surface area contributed by atoms with Crippen LogP contribution in [0.15, 0.2) is 59.7 Å². The van der Waals surface area contributed by atoms with Crippen molar-refractivity contribution >= 4 is 17.9 Å². The lowest BCUT2D eigenvalue weighted by atomic mass is 9.93. The summed E-state index contributed by atoms with van der Waals surface area (Å²) >= 11 is 0. The Balaban J connectivity index is 1.98. The number of piperidine rings is 1. The van der Waals surface area contributed by atoms with Gasteiger partial charge < -0.3 is 4.74 Å². The van der Waals surface area contributed by atoms with E-state index in [1.165, 1.54) is 5.56 Å². The molecule has 1 aliphatic rings. The third-order valence-corrected chi connectivity index (χ3v) is 4.88. The first-order valence-electron chi connectivity index (χ1n) is 9.37. The summed E-state index contributed by atoms with van der Waals surface area (Å²) in [5.74, 6) is 0.931. The molecule has 0 saturated carbocycles. The maximum absolute atomic E-state index is 13.1. The highest BCUT2D eigenvalue weighted by atomic mass is 16.5. The van der Waals surface area contributed by atoms with Gasteiger partial charge in [-0.2, -0.15) is 0 Å². The summed E-state index contributed by atoms with van der Waals surface area (Å²) in [6.07, 6.45) is 4.02. The normalized spacial score (nSPS) is 18.5. The van der Waals surface area contributed by atoms with Gasteiger partial charge in [0.1, 0.15) is 5.75 Å². The molecule has 3 nitrogen and oxygen atoms in total. The van der Waals surface area contributed by atoms with E-state index in [9.17, 15) is 4.79 Å². The molecule has 0 N–H and O–H groups in total. The minimum Gasteiger partial charge on any atom is -0.497 e. The zero-order valence-electron chi connectivity index (χ0n) is 16.5. The van der Waals surface area contributed by atoms with Crippen LogP contribution in [0.4, 0.5) is 0 Å². The molecule has 0 amide bonds. The van der Waals surface area contributed by atoms with E-state index in [1.807, 2.05) is 48.6 Å². The monoisotopic (exact) mass is 361 g/mol. The van der Waals surface area contributed by atoms with Gasteiger partial charge in [-0.1, -0.05) is 42.0 Å². The molecule has 140 valence electrons. The Labute approximate surface area is 162 Å². The van der Waals surface area contributed by atoms with Crippen molar-refractivity contribution in [2.45, 2.75) is 26.8 Å².